The van der Waals surface area contributed by atoms with Crippen LogP contribution in [0.5, 0.6) is 0 Å². The Balaban J connectivity index is 2.46. The van der Waals surface area contributed by atoms with Gasteiger partial charge in [0.25, 0.3) is 0 Å². The molecule has 0 aromatic heterocycles. The van der Waals surface area contributed by atoms with Crippen molar-refractivity contribution < 1.29 is 4.43 Å². The van der Waals surface area contributed by atoms with Crippen molar-refractivity contribution >= 4 is 16.9 Å². The molecule has 10 heavy (non-hydrogen) atoms. The summed E-state index contributed by atoms with van der Waals surface area (Å²) in [7, 11) is -0.891. The van der Waals surface area contributed by atoms with E-state index in [0.717, 1.165) is 0 Å². The fourth-order valence-corrected chi connectivity index (χ4v) is 6.83. The second-order valence-corrected chi connectivity index (χ2v) is 16.7. The lowest BCUT2D eigenvalue weighted by Gasteiger charge is -2.38. The highest BCUT2D eigenvalue weighted by Gasteiger charge is 2.33. The lowest BCUT2D eigenvalue weighted by molar-refractivity contribution is 0.109. The topological polar surface area (TPSA) is 9.23 Å². The molecule has 0 aromatic rings. The SMILES string of the molecule is CC1(C)CC[Si](C)(C)[SiH2]O1. The Hall–Kier alpha value is 0.394. The Bertz CT molecular complexity index is 104. The molecular weight excluding hydrogens is 156 g/mol. The Morgan fingerprint density at radius 2 is 2.00 bits per heavy atom. The Labute approximate surface area is 66.9 Å². The van der Waals surface area contributed by atoms with Crippen LogP contribution >= 0.6 is 0 Å². The van der Waals surface area contributed by atoms with Gasteiger partial charge in [0.2, 0.25) is 0 Å². The highest BCUT2D eigenvalue weighted by atomic mass is 29.2. The quantitative estimate of drug-likeness (QED) is 0.505. The summed E-state index contributed by atoms with van der Waals surface area (Å²) in [5, 5.41) is 0. The van der Waals surface area contributed by atoms with Crippen molar-refractivity contribution in [1.82, 2.24) is 0 Å². The molecule has 0 bridgehead atoms. The van der Waals surface area contributed by atoms with Gasteiger partial charge in [0.05, 0.1) is 7.59 Å². The predicted molar refractivity (Wildman–Crippen MR) is 50.6 cm³/mol. The van der Waals surface area contributed by atoms with Gasteiger partial charge in [-0.3, -0.25) is 0 Å². The molecule has 0 aliphatic carbocycles. The van der Waals surface area contributed by atoms with E-state index in [1.54, 1.807) is 0 Å². The monoisotopic (exact) mass is 174 g/mol. The normalized spacial score (nSPS) is 32.4. The third-order valence-electron chi connectivity index (χ3n) is 2.26. The summed E-state index contributed by atoms with van der Waals surface area (Å²) < 4.78 is 5.88. The summed E-state index contributed by atoms with van der Waals surface area (Å²) in [5.74, 6) is 0. The molecule has 0 saturated carbocycles. The fourth-order valence-electron chi connectivity index (χ4n) is 1.17. The molecule has 0 radical (unpaired) electrons. The van der Waals surface area contributed by atoms with Gasteiger partial charge in [0.15, 0.2) is 9.28 Å². The van der Waals surface area contributed by atoms with Crippen molar-refractivity contribution in [3.05, 3.63) is 0 Å². The van der Waals surface area contributed by atoms with Gasteiger partial charge in [0, 0.05) is 5.60 Å². The van der Waals surface area contributed by atoms with E-state index in [-0.39, 0.29) is 14.9 Å². The molecule has 0 aromatic carbocycles. The molecule has 0 amide bonds. The summed E-state index contributed by atoms with van der Waals surface area (Å²) in [4.78, 5) is 0. The number of hydrogen-bond acceptors (Lipinski definition) is 1. The summed E-state index contributed by atoms with van der Waals surface area (Å²) in [6.45, 7) is 9.39. The van der Waals surface area contributed by atoms with E-state index in [9.17, 15) is 0 Å². The van der Waals surface area contributed by atoms with Crippen LogP contribution in [-0.4, -0.2) is 22.5 Å². The fraction of sp³-hybridized carbons (Fsp3) is 1.00. The average molecular weight is 174 g/mol. The molecule has 1 rings (SSSR count). The molecule has 0 unspecified atom stereocenters. The summed E-state index contributed by atoms with van der Waals surface area (Å²) in [6, 6.07) is 1.49. The standard InChI is InChI=1S/C7H18OSi2/c1-7(2)5-6-10(3,4)9-8-7/h5-6,9H2,1-4H3. The number of rotatable bonds is 0. The van der Waals surface area contributed by atoms with Crippen LogP contribution in [0.4, 0.5) is 0 Å². The van der Waals surface area contributed by atoms with Gasteiger partial charge < -0.3 is 4.43 Å². The van der Waals surface area contributed by atoms with Gasteiger partial charge >= 0.3 is 0 Å². The van der Waals surface area contributed by atoms with Gasteiger partial charge in [-0.25, -0.2) is 0 Å². The molecule has 1 aliphatic heterocycles. The van der Waals surface area contributed by atoms with Gasteiger partial charge in [-0.15, -0.1) is 0 Å². The van der Waals surface area contributed by atoms with Gasteiger partial charge in [-0.1, -0.05) is 19.1 Å². The van der Waals surface area contributed by atoms with Crippen molar-refractivity contribution in [3.8, 4) is 0 Å². The van der Waals surface area contributed by atoms with Crippen molar-refractivity contribution in [2.45, 2.75) is 45.0 Å². The van der Waals surface area contributed by atoms with Crippen molar-refractivity contribution in [2.24, 2.45) is 0 Å². The maximum absolute atomic E-state index is 5.88. The van der Waals surface area contributed by atoms with Crippen LogP contribution in [0.2, 0.25) is 19.1 Å². The van der Waals surface area contributed by atoms with E-state index in [1.807, 2.05) is 0 Å². The van der Waals surface area contributed by atoms with E-state index >= 15 is 0 Å². The van der Waals surface area contributed by atoms with E-state index in [1.165, 1.54) is 12.5 Å². The minimum atomic E-state index is -0.763. The zero-order valence-electron chi connectivity index (χ0n) is 7.53. The molecule has 1 fully saturated rings. The van der Waals surface area contributed by atoms with Crippen LogP contribution in [0, 0.1) is 0 Å². The maximum atomic E-state index is 5.88. The van der Waals surface area contributed by atoms with Crippen LogP contribution in [0.3, 0.4) is 0 Å². The van der Waals surface area contributed by atoms with Crippen molar-refractivity contribution in [1.29, 1.82) is 0 Å². The zero-order valence-corrected chi connectivity index (χ0v) is 9.94. The molecular formula is C7H18OSi2. The Morgan fingerprint density at radius 1 is 1.40 bits per heavy atom. The molecule has 0 N–H and O–H groups in total. The van der Waals surface area contributed by atoms with E-state index in [4.69, 9.17) is 4.43 Å². The summed E-state index contributed by atoms with van der Waals surface area (Å²) in [6.07, 6.45) is 1.29. The summed E-state index contributed by atoms with van der Waals surface area (Å²) >= 11 is 0. The highest BCUT2D eigenvalue weighted by Crippen LogP contribution is 2.27. The van der Waals surface area contributed by atoms with Crippen LogP contribution in [-0.2, 0) is 4.43 Å². The molecule has 0 atom stereocenters. The molecule has 1 aliphatic rings. The smallest absolute Gasteiger partial charge is 0.151 e. The first-order valence-corrected chi connectivity index (χ1v) is 10.2. The van der Waals surface area contributed by atoms with Gasteiger partial charge in [-0.2, -0.15) is 0 Å². The second kappa shape index (κ2) is 2.46. The van der Waals surface area contributed by atoms with Crippen LogP contribution < -0.4 is 0 Å². The van der Waals surface area contributed by atoms with Crippen LogP contribution in [0.1, 0.15) is 20.3 Å². The predicted octanol–water partition coefficient (Wildman–Crippen LogP) is 1.47. The van der Waals surface area contributed by atoms with Gasteiger partial charge in [0.1, 0.15) is 0 Å². The number of hydrogen-bond donors (Lipinski definition) is 0. The van der Waals surface area contributed by atoms with E-state index in [2.05, 4.69) is 26.9 Å². The lowest BCUT2D eigenvalue weighted by atomic mass is 10.1. The maximum Gasteiger partial charge on any atom is 0.151 e. The first-order valence-electron chi connectivity index (χ1n) is 4.05. The molecule has 0 spiro atoms. The lowest BCUT2D eigenvalue weighted by Crippen LogP contribution is -2.47. The first-order chi connectivity index (χ1) is 4.41. The third kappa shape index (κ3) is 2.21. The van der Waals surface area contributed by atoms with Crippen molar-refractivity contribution in [3.63, 3.8) is 0 Å². The van der Waals surface area contributed by atoms with Crippen LogP contribution in [0.25, 0.3) is 0 Å². The molecule has 60 valence electrons. The zero-order chi connectivity index (χ0) is 7.83. The molecule has 1 heterocycles. The second-order valence-electron chi connectivity index (χ2n) is 4.71. The minimum Gasteiger partial charge on any atom is -0.422 e. The molecule has 3 heteroatoms. The van der Waals surface area contributed by atoms with E-state index < -0.39 is 7.59 Å². The minimum absolute atomic E-state index is 0.129. The Morgan fingerprint density at radius 3 is 2.30 bits per heavy atom. The molecule has 1 nitrogen and oxygen atoms in total. The first kappa shape index (κ1) is 8.49. The average Bonchev–Trinajstić information content (AvgIpc) is 1.79. The largest absolute Gasteiger partial charge is 0.422 e. The van der Waals surface area contributed by atoms with Gasteiger partial charge in [-0.05, 0) is 20.3 Å². The Kier molecular flexibility index (Phi) is 2.09. The van der Waals surface area contributed by atoms with E-state index in [0.29, 0.717) is 0 Å². The van der Waals surface area contributed by atoms with Crippen molar-refractivity contribution in [2.75, 3.05) is 0 Å². The summed E-state index contributed by atoms with van der Waals surface area (Å²) in [5.41, 5.74) is 0.231. The van der Waals surface area contributed by atoms with Crippen LogP contribution in [0.15, 0.2) is 0 Å². The third-order valence-corrected chi connectivity index (χ3v) is 9.41. The highest BCUT2D eigenvalue weighted by molar-refractivity contribution is 7.21. The molecule has 1 saturated heterocycles.